The minimum atomic E-state index is -3.04. The van der Waals surface area contributed by atoms with Gasteiger partial charge in [-0.15, -0.1) is 5.10 Å². The van der Waals surface area contributed by atoms with E-state index in [1.54, 1.807) is 4.68 Å². The van der Waals surface area contributed by atoms with Gasteiger partial charge >= 0.3 is 6.72 Å². The Morgan fingerprint density at radius 3 is 2.90 bits per heavy atom. The number of unbranched alkanes of at least 4 members (excludes halogenated alkanes) is 2. The standard InChI is InChI=1S/C18H33N4O5PS/c1-3-16-12-17(23)14-22(16)18(24)9-7-10-21-13-15(19-20-21)8-5-4-6-11-27-28(25,29)26-2/h13,16-17,23H,3-12,14H2,1-2H3,(H,25,29)/t16-,17?,28?/m1/s1. The van der Waals surface area contributed by atoms with Crippen LogP contribution in [0.25, 0.3) is 0 Å². The van der Waals surface area contributed by atoms with Crippen LogP contribution in [-0.4, -0.2) is 68.2 Å². The molecule has 2 heterocycles. The number of aliphatic hydroxyl groups is 1. The van der Waals surface area contributed by atoms with Gasteiger partial charge in [0.2, 0.25) is 5.91 Å². The Hall–Kier alpha value is -0.900. The van der Waals surface area contributed by atoms with Gasteiger partial charge in [0.25, 0.3) is 0 Å². The van der Waals surface area contributed by atoms with E-state index in [0.29, 0.717) is 39.0 Å². The van der Waals surface area contributed by atoms with Crippen LogP contribution < -0.4 is 0 Å². The van der Waals surface area contributed by atoms with Gasteiger partial charge in [-0.25, -0.2) is 0 Å². The SMILES string of the molecule is CC[C@@H]1CC(O)CN1C(=O)CCCn1cc(CCCCCOP(O)(=S)OC)nn1. The minimum absolute atomic E-state index is 0.109. The fourth-order valence-electron chi connectivity index (χ4n) is 3.50. The maximum atomic E-state index is 12.4. The Kier molecular flexibility index (Phi) is 10.1. The fraction of sp³-hybridized carbons (Fsp3) is 0.833. The van der Waals surface area contributed by atoms with E-state index in [9.17, 15) is 14.8 Å². The van der Waals surface area contributed by atoms with Crippen LogP contribution in [-0.2, 0) is 38.6 Å². The van der Waals surface area contributed by atoms with Crippen molar-refractivity contribution < 1.29 is 23.8 Å². The molecule has 2 N–H and O–H groups in total. The topological polar surface area (TPSA) is 110 Å². The molecule has 11 heteroatoms. The van der Waals surface area contributed by atoms with Crippen molar-refractivity contribution in [1.29, 1.82) is 0 Å². The largest absolute Gasteiger partial charge is 0.391 e. The van der Waals surface area contributed by atoms with E-state index in [-0.39, 0.29) is 11.9 Å². The van der Waals surface area contributed by atoms with Crippen molar-refractivity contribution >= 4 is 24.4 Å². The summed E-state index contributed by atoms with van der Waals surface area (Å²) in [5.74, 6) is 0.109. The predicted molar refractivity (Wildman–Crippen MR) is 113 cm³/mol. The monoisotopic (exact) mass is 448 g/mol. The van der Waals surface area contributed by atoms with Gasteiger partial charge in [0.05, 0.1) is 18.4 Å². The lowest BCUT2D eigenvalue weighted by Gasteiger charge is -2.23. The lowest BCUT2D eigenvalue weighted by atomic mass is 10.1. The second kappa shape index (κ2) is 12.1. The van der Waals surface area contributed by atoms with Crippen molar-refractivity contribution in [3.8, 4) is 0 Å². The molecular weight excluding hydrogens is 415 g/mol. The third-order valence-corrected chi connectivity index (χ3v) is 6.84. The first kappa shape index (κ1) is 24.4. The van der Waals surface area contributed by atoms with E-state index in [2.05, 4.69) is 10.3 Å². The number of rotatable bonds is 13. The van der Waals surface area contributed by atoms with Gasteiger partial charge in [-0.05, 0) is 50.3 Å². The van der Waals surface area contributed by atoms with Crippen LogP contribution in [0.1, 0.15) is 57.6 Å². The van der Waals surface area contributed by atoms with Gasteiger partial charge in [-0.1, -0.05) is 18.6 Å². The highest BCUT2D eigenvalue weighted by atomic mass is 32.5. The molecule has 0 saturated carbocycles. The summed E-state index contributed by atoms with van der Waals surface area (Å²) in [6.45, 7) is 0.494. The minimum Gasteiger partial charge on any atom is -0.391 e. The molecule has 1 fully saturated rings. The van der Waals surface area contributed by atoms with Crippen molar-refractivity contribution in [2.24, 2.45) is 0 Å². The third-order valence-electron chi connectivity index (χ3n) is 5.11. The van der Waals surface area contributed by atoms with E-state index in [1.807, 2.05) is 18.0 Å². The number of nitrogens with zero attached hydrogens (tertiary/aromatic N) is 4. The smallest absolute Gasteiger partial charge is 0.324 e. The number of aromatic nitrogens is 3. The average molecular weight is 449 g/mol. The molecular formula is C18H33N4O5PS. The molecule has 3 atom stereocenters. The molecule has 2 rings (SSSR count). The van der Waals surface area contributed by atoms with E-state index in [4.69, 9.17) is 20.9 Å². The lowest BCUT2D eigenvalue weighted by Crippen LogP contribution is -2.35. The maximum Gasteiger partial charge on any atom is 0.324 e. The molecule has 29 heavy (non-hydrogen) atoms. The van der Waals surface area contributed by atoms with Crippen molar-refractivity contribution in [2.75, 3.05) is 20.3 Å². The number of carbonyl (C=O) groups is 1. The van der Waals surface area contributed by atoms with E-state index in [1.165, 1.54) is 7.11 Å². The summed E-state index contributed by atoms with van der Waals surface area (Å²) in [6.07, 6.45) is 7.74. The normalized spacial score (nSPS) is 21.4. The highest BCUT2D eigenvalue weighted by Crippen LogP contribution is 2.42. The van der Waals surface area contributed by atoms with Crippen molar-refractivity contribution in [3.05, 3.63) is 11.9 Å². The van der Waals surface area contributed by atoms with Crippen molar-refractivity contribution in [3.63, 3.8) is 0 Å². The Morgan fingerprint density at radius 2 is 2.17 bits per heavy atom. The highest BCUT2D eigenvalue weighted by molar-refractivity contribution is 8.07. The number of hydrogen-bond donors (Lipinski definition) is 2. The molecule has 0 radical (unpaired) electrons. The first-order valence-electron chi connectivity index (χ1n) is 10.2. The third kappa shape index (κ3) is 8.39. The average Bonchev–Trinajstić information content (AvgIpc) is 3.30. The van der Waals surface area contributed by atoms with Crippen LogP contribution in [0.15, 0.2) is 6.20 Å². The zero-order valence-corrected chi connectivity index (χ0v) is 19.0. The van der Waals surface area contributed by atoms with Gasteiger partial charge in [0.1, 0.15) is 0 Å². The molecule has 0 spiro atoms. The Morgan fingerprint density at radius 1 is 1.38 bits per heavy atom. The molecule has 1 aliphatic rings. The van der Waals surface area contributed by atoms with E-state index >= 15 is 0 Å². The zero-order chi connectivity index (χ0) is 21.3. The molecule has 0 aliphatic carbocycles. The summed E-state index contributed by atoms with van der Waals surface area (Å²) >= 11 is 4.77. The van der Waals surface area contributed by atoms with E-state index < -0.39 is 12.8 Å². The van der Waals surface area contributed by atoms with Gasteiger partial charge < -0.3 is 23.9 Å². The summed E-state index contributed by atoms with van der Waals surface area (Å²) in [7, 11) is 1.35. The van der Waals surface area contributed by atoms with Gasteiger partial charge in [-0.2, -0.15) is 0 Å². The Bertz CT molecular complexity index is 689. The number of hydrogen-bond acceptors (Lipinski definition) is 7. The first-order valence-corrected chi connectivity index (χ1v) is 12.8. The lowest BCUT2D eigenvalue weighted by molar-refractivity contribution is -0.132. The molecule has 1 amide bonds. The fourth-order valence-corrected chi connectivity index (χ4v) is 4.19. The van der Waals surface area contributed by atoms with Crippen LogP contribution in [0.5, 0.6) is 0 Å². The summed E-state index contributed by atoms with van der Waals surface area (Å²) in [4.78, 5) is 23.7. The number of carbonyl (C=O) groups excluding carboxylic acids is 1. The van der Waals surface area contributed by atoms with Crippen molar-refractivity contribution in [2.45, 2.75) is 77.0 Å². The Balaban J connectivity index is 1.60. The van der Waals surface area contributed by atoms with Gasteiger partial charge in [0.15, 0.2) is 0 Å². The Labute approximate surface area is 177 Å². The molecule has 1 aromatic rings. The maximum absolute atomic E-state index is 12.4. The predicted octanol–water partition coefficient (Wildman–Crippen LogP) is 2.02. The molecule has 0 bridgehead atoms. The number of amides is 1. The van der Waals surface area contributed by atoms with Crippen LogP contribution in [0.3, 0.4) is 0 Å². The summed E-state index contributed by atoms with van der Waals surface area (Å²) in [5.41, 5.74) is 0.926. The second-order valence-corrected chi connectivity index (χ2v) is 10.3. The van der Waals surface area contributed by atoms with Gasteiger partial charge in [0, 0.05) is 38.9 Å². The number of likely N-dealkylation sites (tertiary alicyclic amines) is 1. The summed E-state index contributed by atoms with van der Waals surface area (Å²) < 4.78 is 11.6. The molecule has 1 aliphatic heterocycles. The molecule has 2 unspecified atom stereocenters. The van der Waals surface area contributed by atoms with Crippen molar-refractivity contribution in [1.82, 2.24) is 19.9 Å². The van der Waals surface area contributed by atoms with Crippen LogP contribution >= 0.6 is 6.72 Å². The highest BCUT2D eigenvalue weighted by Gasteiger charge is 2.32. The summed E-state index contributed by atoms with van der Waals surface area (Å²) in [5, 5.41) is 18.1. The number of β-amino-alcohol motifs (C(OH)–C–C–N with tert-alkyl or cyclic N) is 1. The zero-order valence-electron chi connectivity index (χ0n) is 17.3. The van der Waals surface area contributed by atoms with Gasteiger partial charge in [-0.3, -0.25) is 9.48 Å². The first-order chi connectivity index (χ1) is 13.8. The van der Waals surface area contributed by atoms with Crippen LogP contribution in [0, 0.1) is 0 Å². The number of aryl methyl sites for hydroxylation is 2. The molecule has 1 aromatic heterocycles. The molecule has 9 nitrogen and oxygen atoms in total. The molecule has 0 aromatic carbocycles. The second-order valence-electron chi connectivity index (χ2n) is 7.37. The van der Waals surface area contributed by atoms with Crippen LogP contribution in [0.4, 0.5) is 0 Å². The molecule has 166 valence electrons. The summed E-state index contributed by atoms with van der Waals surface area (Å²) in [6, 6.07) is 0.164. The molecule has 1 saturated heterocycles. The van der Waals surface area contributed by atoms with Crippen LogP contribution in [0.2, 0.25) is 0 Å². The quantitative estimate of drug-likeness (QED) is 0.348. The number of aliphatic hydroxyl groups excluding tert-OH is 1. The van der Waals surface area contributed by atoms with E-state index in [0.717, 1.165) is 37.8 Å².